The molecule has 2 rings (SSSR count). The topological polar surface area (TPSA) is 135 Å². The number of nitrogen functional groups attached to an aromatic ring is 1. The van der Waals surface area contributed by atoms with Gasteiger partial charge in [-0.05, 0) is 62.7 Å². The number of amidine groups is 1. The zero-order valence-electron chi connectivity index (χ0n) is 17.1. The van der Waals surface area contributed by atoms with Crippen molar-refractivity contribution in [2.24, 2.45) is 11.6 Å². The molecule has 0 aliphatic heterocycles. The van der Waals surface area contributed by atoms with Gasteiger partial charge in [0.15, 0.2) is 11.5 Å². The van der Waals surface area contributed by atoms with E-state index in [1.807, 2.05) is 20.8 Å². The number of anilines is 1. The minimum absolute atomic E-state index is 0. The number of carbonyl (C=O) groups excluding carboxylic acids is 1. The van der Waals surface area contributed by atoms with Crippen LogP contribution in [-0.4, -0.2) is 24.5 Å². The van der Waals surface area contributed by atoms with E-state index in [4.69, 9.17) is 26.5 Å². The molecule has 8 nitrogen and oxygen atoms in total. The third-order valence-corrected chi connectivity index (χ3v) is 3.87. The first kappa shape index (κ1) is 27.3. The molecule has 0 aliphatic carbocycles. The molecule has 2 aromatic carbocycles. The summed E-state index contributed by atoms with van der Waals surface area (Å²) < 4.78 is 11.5. The van der Waals surface area contributed by atoms with Crippen molar-refractivity contribution in [1.29, 1.82) is 5.41 Å². The number of ether oxygens (including phenoxy) is 2. The highest BCUT2D eigenvalue weighted by atomic mass is 35.5. The standard InChI is InChI=1S/C20H27N5O3.2ClH/c1-4-27-17-11-14(7-10-16(17)28-12(2)3)18(20(26)25-23)24-15-8-5-13(6-9-15)19(21)22;;/h5-12,18,24H,4,23H2,1-3H3,(H3,21,22)(H,25,26);2*1H. The van der Waals surface area contributed by atoms with E-state index in [2.05, 4.69) is 10.7 Å². The highest BCUT2D eigenvalue weighted by Crippen LogP contribution is 2.32. The third-order valence-electron chi connectivity index (χ3n) is 3.87. The van der Waals surface area contributed by atoms with E-state index in [0.717, 1.165) is 0 Å². The van der Waals surface area contributed by atoms with Gasteiger partial charge in [-0.15, -0.1) is 24.8 Å². The summed E-state index contributed by atoms with van der Waals surface area (Å²) in [7, 11) is 0. The molecule has 0 heterocycles. The Hall–Kier alpha value is -2.68. The Balaban J connectivity index is 0.00000420. The maximum absolute atomic E-state index is 12.4. The minimum atomic E-state index is -0.750. The predicted octanol–water partition coefficient (Wildman–Crippen LogP) is 3.14. The first-order chi connectivity index (χ1) is 13.3. The molecular formula is C20H29Cl2N5O3. The van der Waals surface area contributed by atoms with Crippen LogP contribution in [0.25, 0.3) is 0 Å². The largest absolute Gasteiger partial charge is 0.490 e. The van der Waals surface area contributed by atoms with Crippen LogP contribution in [0, 0.1) is 5.41 Å². The van der Waals surface area contributed by atoms with E-state index in [-0.39, 0.29) is 36.8 Å². The molecule has 0 fully saturated rings. The first-order valence-corrected chi connectivity index (χ1v) is 9.00. The maximum atomic E-state index is 12.4. The van der Waals surface area contributed by atoms with Gasteiger partial charge in [-0.25, -0.2) is 5.84 Å². The van der Waals surface area contributed by atoms with Gasteiger partial charge in [0.2, 0.25) is 0 Å². The van der Waals surface area contributed by atoms with Crippen molar-refractivity contribution in [3.63, 3.8) is 0 Å². The molecule has 166 valence electrons. The summed E-state index contributed by atoms with van der Waals surface area (Å²) in [5, 5.41) is 10.6. The Kier molecular flexibility index (Phi) is 11.6. The van der Waals surface area contributed by atoms with Gasteiger partial charge in [-0.3, -0.25) is 15.6 Å². The number of benzene rings is 2. The molecule has 10 heteroatoms. The van der Waals surface area contributed by atoms with Crippen LogP contribution in [0.2, 0.25) is 0 Å². The number of hydrazine groups is 1. The SMILES string of the molecule is CCOc1cc(C(Nc2ccc(C(=N)N)cc2)C(=O)NN)ccc1OC(C)C.Cl.Cl. The van der Waals surface area contributed by atoms with Crippen molar-refractivity contribution in [2.45, 2.75) is 32.9 Å². The van der Waals surface area contributed by atoms with E-state index < -0.39 is 11.9 Å². The number of amides is 1. The maximum Gasteiger partial charge on any atom is 0.261 e. The highest BCUT2D eigenvalue weighted by molar-refractivity contribution is 5.95. The monoisotopic (exact) mass is 457 g/mol. The van der Waals surface area contributed by atoms with Gasteiger partial charge >= 0.3 is 0 Å². The summed E-state index contributed by atoms with van der Waals surface area (Å²) in [6.07, 6.45) is -0.00823. The van der Waals surface area contributed by atoms with Gasteiger partial charge in [-0.1, -0.05) is 6.07 Å². The van der Waals surface area contributed by atoms with Crippen LogP contribution in [-0.2, 0) is 4.79 Å². The summed E-state index contributed by atoms with van der Waals surface area (Å²) in [6.45, 7) is 6.21. The first-order valence-electron chi connectivity index (χ1n) is 9.00. The van der Waals surface area contributed by atoms with E-state index in [9.17, 15) is 4.79 Å². The number of halogens is 2. The molecule has 0 aromatic heterocycles. The van der Waals surface area contributed by atoms with Crippen LogP contribution in [0.15, 0.2) is 42.5 Å². The van der Waals surface area contributed by atoms with Crippen LogP contribution >= 0.6 is 24.8 Å². The zero-order valence-corrected chi connectivity index (χ0v) is 18.7. The number of hydrogen-bond donors (Lipinski definition) is 5. The Morgan fingerprint density at radius 2 is 1.73 bits per heavy atom. The van der Waals surface area contributed by atoms with Crippen LogP contribution < -0.4 is 31.8 Å². The van der Waals surface area contributed by atoms with Crippen molar-refractivity contribution in [1.82, 2.24) is 5.43 Å². The second kappa shape index (κ2) is 12.8. The molecular weight excluding hydrogens is 429 g/mol. The van der Waals surface area contributed by atoms with Crippen LogP contribution in [0.5, 0.6) is 11.5 Å². The molecule has 0 saturated heterocycles. The average molecular weight is 458 g/mol. The van der Waals surface area contributed by atoms with Crippen LogP contribution in [0.1, 0.15) is 37.9 Å². The lowest BCUT2D eigenvalue weighted by molar-refractivity contribution is -0.122. The third kappa shape index (κ3) is 7.29. The second-order valence-electron chi connectivity index (χ2n) is 6.38. The van der Waals surface area contributed by atoms with Gasteiger partial charge in [0.25, 0.3) is 5.91 Å². The average Bonchev–Trinajstić information content (AvgIpc) is 2.67. The summed E-state index contributed by atoms with van der Waals surface area (Å²) in [6, 6.07) is 11.5. The lowest BCUT2D eigenvalue weighted by Gasteiger charge is -2.21. The normalized spacial score (nSPS) is 10.8. The smallest absolute Gasteiger partial charge is 0.261 e. The van der Waals surface area contributed by atoms with Crippen molar-refractivity contribution < 1.29 is 14.3 Å². The molecule has 2 aromatic rings. The minimum Gasteiger partial charge on any atom is -0.490 e. The van der Waals surface area contributed by atoms with Gasteiger partial charge < -0.3 is 20.5 Å². The molecule has 0 spiro atoms. The van der Waals surface area contributed by atoms with Crippen LogP contribution in [0.3, 0.4) is 0 Å². The molecule has 30 heavy (non-hydrogen) atoms. The van der Waals surface area contributed by atoms with Gasteiger partial charge in [-0.2, -0.15) is 0 Å². The summed E-state index contributed by atoms with van der Waals surface area (Å²) in [4.78, 5) is 12.4. The van der Waals surface area contributed by atoms with E-state index in [1.54, 1.807) is 42.5 Å². The predicted molar refractivity (Wildman–Crippen MR) is 124 cm³/mol. The van der Waals surface area contributed by atoms with Crippen molar-refractivity contribution in [2.75, 3.05) is 11.9 Å². The Morgan fingerprint density at radius 3 is 2.23 bits per heavy atom. The number of hydrogen-bond acceptors (Lipinski definition) is 6. The number of carbonyl (C=O) groups is 1. The Labute approximate surface area is 189 Å². The second-order valence-corrected chi connectivity index (χ2v) is 6.38. The van der Waals surface area contributed by atoms with Crippen LogP contribution in [0.4, 0.5) is 5.69 Å². The Bertz CT molecular complexity index is 832. The van der Waals surface area contributed by atoms with E-state index in [1.165, 1.54) is 0 Å². The fraction of sp³-hybridized carbons (Fsp3) is 0.300. The Morgan fingerprint density at radius 1 is 1.10 bits per heavy atom. The lowest BCUT2D eigenvalue weighted by Crippen LogP contribution is -2.37. The summed E-state index contributed by atoms with van der Waals surface area (Å²) in [5.41, 5.74) is 9.60. The van der Waals surface area contributed by atoms with Gasteiger partial charge in [0.1, 0.15) is 11.9 Å². The molecule has 1 amide bonds. The quantitative estimate of drug-likeness (QED) is 0.129. The van der Waals surface area contributed by atoms with Crippen molar-refractivity contribution in [3.8, 4) is 11.5 Å². The molecule has 1 atom stereocenters. The van der Waals surface area contributed by atoms with Crippen molar-refractivity contribution >= 4 is 42.2 Å². The lowest BCUT2D eigenvalue weighted by atomic mass is 10.0. The fourth-order valence-corrected chi connectivity index (χ4v) is 2.62. The van der Waals surface area contributed by atoms with Crippen molar-refractivity contribution in [3.05, 3.63) is 53.6 Å². The number of nitrogens with one attached hydrogen (secondary N) is 3. The molecule has 0 radical (unpaired) electrons. The molecule has 0 aliphatic rings. The van der Waals surface area contributed by atoms with Gasteiger partial charge in [0.05, 0.1) is 12.7 Å². The fourth-order valence-electron chi connectivity index (χ4n) is 2.62. The number of rotatable bonds is 9. The highest BCUT2D eigenvalue weighted by Gasteiger charge is 2.22. The molecule has 1 unspecified atom stereocenters. The molecule has 0 saturated carbocycles. The van der Waals surface area contributed by atoms with Gasteiger partial charge in [0, 0.05) is 11.3 Å². The molecule has 0 bridgehead atoms. The molecule has 7 N–H and O–H groups in total. The number of nitrogens with two attached hydrogens (primary N) is 2. The zero-order chi connectivity index (χ0) is 20.7. The van der Waals surface area contributed by atoms with E-state index >= 15 is 0 Å². The summed E-state index contributed by atoms with van der Waals surface area (Å²) >= 11 is 0. The van der Waals surface area contributed by atoms with E-state index in [0.29, 0.717) is 34.9 Å². The summed E-state index contributed by atoms with van der Waals surface area (Å²) in [5.74, 6) is 6.11.